The third kappa shape index (κ3) is 13.2. The Morgan fingerprint density at radius 2 is 1.50 bits per heavy atom. The van der Waals surface area contributed by atoms with Gasteiger partial charge in [0.05, 0.1) is 12.6 Å². The predicted octanol–water partition coefficient (Wildman–Crippen LogP) is -2.89. The number of carboxylic acids is 1. The maximum absolute atomic E-state index is 12.7. The Balaban J connectivity index is 4.95. The van der Waals surface area contributed by atoms with Crippen molar-refractivity contribution in [1.82, 2.24) is 21.3 Å². The molecule has 0 aromatic heterocycles. The molecular formula is C20H38N8O6. The van der Waals surface area contributed by atoms with Gasteiger partial charge in [-0.3, -0.25) is 24.2 Å². The molecule has 0 saturated carbocycles. The summed E-state index contributed by atoms with van der Waals surface area (Å²) >= 11 is 0. The van der Waals surface area contributed by atoms with E-state index in [1.54, 1.807) is 0 Å². The van der Waals surface area contributed by atoms with Gasteiger partial charge < -0.3 is 43.6 Å². The molecule has 194 valence electrons. The van der Waals surface area contributed by atoms with Gasteiger partial charge in [0.1, 0.15) is 18.1 Å². The molecule has 0 rings (SSSR count). The minimum absolute atomic E-state index is 0.0282. The second-order valence-corrected chi connectivity index (χ2v) is 8.33. The van der Waals surface area contributed by atoms with Crippen molar-refractivity contribution in [2.45, 2.75) is 71.1 Å². The van der Waals surface area contributed by atoms with Gasteiger partial charge in [0.2, 0.25) is 23.6 Å². The lowest BCUT2D eigenvalue weighted by Crippen LogP contribution is -2.56. The van der Waals surface area contributed by atoms with Crippen LogP contribution in [-0.2, 0) is 24.0 Å². The van der Waals surface area contributed by atoms with E-state index in [9.17, 15) is 29.1 Å². The van der Waals surface area contributed by atoms with E-state index in [0.717, 1.165) is 0 Å². The van der Waals surface area contributed by atoms with Crippen molar-refractivity contribution < 1.29 is 29.1 Å². The number of carbonyl (C=O) groups is 5. The van der Waals surface area contributed by atoms with Crippen molar-refractivity contribution in [2.24, 2.45) is 28.1 Å². The molecule has 0 fully saturated rings. The van der Waals surface area contributed by atoms with Crippen molar-refractivity contribution in [3.05, 3.63) is 0 Å². The number of hydrogen-bond acceptors (Lipinski definition) is 7. The molecule has 0 aliphatic carbocycles. The van der Waals surface area contributed by atoms with Crippen LogP contribution in [-0.4, -0.2) is 77.9 Å². The van der Waals surface area contributed by atoms with E-state index < -0.39 is 53.8 Å². The van der Waals surface area contributed by atoms with E-state index in [1.807, 2.05) is 13.8 Å². The number of hydrogen-bond donors (Lipinski definition) is 8. The number of aliphatic imine (C=N–C) groups is 1. The number of nitrogens with zero attached hydrogens (tertiary/aromatic N) is 1. The van der Waals surface area contributed by atoms with Crippen LogP contribution < -0.4 is 38.5 Å². The molecule has 0 bridgehead atoms. The first-order valence-corrected chi connectivity index (χ1v) is 11.0. The molecule has 0 aliphatic rings. The SMILES string of the molecule is CC(C)C[C@H](NC(=O)CNC(=O)[C@H](C)N)C(=O)N[C@@H](C)C(=O)N[C@@H](CCCN=C(N)N)C(=O)O. The van der Waals surface area contributed by atoms with E-state index in [1.165, 1.54) is 13.8 Å². The second-order valence-electron chi connectivity index (χ2n) is 8.33. The lowest BCUT2D eigenvalue weighted by molar-refractivity contribution is -0.142. The summed E-state index contributed by atoms with van der Waals surface area (Å²) in [5.41, 5.74) is 15.8. The highest BCUT2D eigenvalue weighted by Crippen LogP contribution is 2.06. The van der Waals surface area contributed by atoms with Gasteiger partial charge in [-0.25, -0.2) is 4.79 Å². The van der Waals surface area contributed by atoms with Crippen LogP contribution in [0.3, 0.4) is 0 Å². The Bertz CT molecular complexity index is 751. The summed E-state index contributed by atoms with van der Waals surface area (Å²) in [6.07, 6.45) is 0.672. The van der Waals surface area contributed by atoms with Crippen LogP contribution in [0.25, 0.3) is 0 Å². The molecule has 14 heteroatoms. The van der Waals surface area contributed by atoms with Gasteiger partial charge in [0.15, 0.2) is 5.96 Å². The highest BCUT2D eigenvalue weighted by atomic mass is 16.4. The van der Waals surface area contributed by atoms with Gasteiger partial charge in [-0.2, -0.15) is 0 Å². The van der Waals surface area contributed by atoms with E-state index >= 15 is 0 Å². The standard InChI is InChI=1S/C20H38N8O6/c1-10(2)8-14(27-15(29)9-25-16(30)11(3)21)18(32)26-12(4)17(31)28-13(19(33)34)6-5-7-24-20(22)23/h10-14H,5-9,21H2,1-4H3,(H,25,30)(H,26,32)(H,27,29)(H,28,31)(H,33,34)(H4,22,23,24)/t11-,12-,13-,14-/m0/s1. The zero-order chi connectivity index (χ0) is 26.4. The van der Waals surface area contributed by atoms with Gasteiger partial charge in [-0.15, -0.1) is 0 Å². The van der Waals surface area contributed by atoms with Crippen molar-refractivity contribution in [3.8, 4) is 0 Å². The zero-order valence-electron chi connectivity index (χ0n) is 20.1. The van der Waals surface area contributed by atoms with Crippen molar-refractivity contribution in [3.63, 3.8) is 0 Å². The molecule has 0 heterocycles. The van der Waals surface area contributed by atoms with Gasteiger partial charge in [0.25, 0.3) is 0 Å². The van der Waals surface area contributed by atoms with E-state index in [0.29, 0.717) is 6.42 Å². The highest BCUT2D eigenvalue weighted by Gasteiger charge is 2.27. The molecule has 4 atom stereocenters. The molecule has 0 aliphatic heterocycles. The third-order valence-corrected chi connectivity index (χ3v) is 4.51. The summed E-state index contributed by atoms with van der Waals surface area (Å²) in [6, 6.07) is -4.02. The lowest BCUT2D eigenvalue weighted by atomic mass is 10.0. The molecule has 0 spiro atoms. The molecule has 0 saturated heterocycles. The number of nitrogens with one attached hydrogen (secondary N) is 4. The van der Waals surface area contributed by atoms with Crippen LogP contribution in [0.1, 0.15) is 47.0 Å². The fraction of sp³-hybridized carbons (Fsp3) is 0.700. The number of carbonyl (C=O) groups excluding carboxylic acids is 4. The Hall–Kier alpha value is -3.42. The number of guanidine groups is 1. The minimum Gasteiger partial charge on any atom is -0.480 e. The monoisotopic (exact) mass is 486 g/mol. The van der Waals surface area contributed by atoms with Crippen LogP contribution >= 0.6 is 0 Å². The predicted molar refractivity (Wildman–Crippen MR) is 125 cm³/mol. The Morgan fingerprint density at radius 3 is 2.00 bits per heavy atom. The number of amides is 4. The first-order chi connectivity index (χ1) is 15.7. The average molecular weight is 487 g/mol. The van der Waals surface area contributed by atoms with E-state index in [-0.39, 0.29) is 37.8 Å². The van der Waals surface area contributed by atoms with E-state index in [4.69, 9.17) is 17.2 Å². The largest absolute Gasteiger partial charge is 0.480 e. The van der Waals surface area contributed by atoms with Crippen LogP contribution in [0.5, 0.6) is 0 Å². The molecule has 34 heavy (non-hydrogen) atoms. The van der Waals surface area contributed by atoms with Gasteiger partial charge >= 0.3 is 5.97 Å². The molecule has 14 nitrogen and oxygen atoms in total. The maximum Gasteiger partial charge on any atom is 0.326 e. The van der Waals surface area contributed by atoms with Crippen LogP contribution in [0, 0.1) is 5.92 Å². The number of nitrogens with two attached hydrogens (primary N) is 3. The normalized spacial score (nSPS) is 14.2. The van der Waals surface area contributed by atoms with Crippen molar-refractivity contribution in [2.75, 3.05) is 13.1 Å². The quantitative estimate of drug-likeness (QED) is 0.0671. The Morgan fingerprint density at radius 1 is 0.882 bits per heavy atom. The maximum atomic E-state index is 12.7. The second kappa shape index (κ2) is 15.4. The Kier molecular flexibility index (Phi) is 13.9. The molecule has 0 aromatic rings. The minimum atomic E-state index is -1.24. The average Bonchev–Trinajstić information content (AvgIpc) is 2.72. The first kappa shape index (κ1) is 30.6. The smallest absolute Gasteiger partial charge is 0.326 e. The fourth-order valence-corrected chi connectivity index (χ4v) is 2.71. The summed E-state index contributed by atoms with van der Waals surface area (Å²) in [7, 11) is 0. The summed E-state index contributed by atoms with van der Waals surface area (Å²) < 4.78 is 0. The lowest BCUT2D eigenvalue weighted by Gasteiger charge is -2.23. The van der Waals surface area contributed by atoms with Crippen LogP contribution in [0.15, 0.2) is 4.99 Å². The zero-order valence-corrected chi connectivity index (χ0v) is 20.1. The molecular weight excluding hydrogens is 448 g/mol. The highest BCUT2D eigenvalue weighted by molar-refractivity contribution is 5.94. The summed E-state index contributed by atoms with van der Waals surface area (Å²) in [4.78, 5) is 64.0. The molecule has 11 N–H and O–H groups in total. The number of aliphatic carboxylic acids is 1. The topological polar surface area (TPSA) is 244 Å². The summed E-state index contributed by atoms with van der Waals surface area (Å²) in [5.74, 6) is -3.78. The van der Waals surface area contributed by atoms with Crippen LogP contribution in [0.4, 0.5) is 0 Å². The third-order valence-electron chi connectivity index (χ3n) is 4.51. The van der Waals surface area contributed by atoms with Gasteiger partial charge in [0, 0.05) is 6.54 Å². The summed E-state index contributed by atoms with van der Waals surface area (Å²) in [5, 5.41) is 19.0. The summed E-state index contributed by atoms with van der Waals surface area (Å²) in [6.45, 7) is 6.39. The molecule has 4 amide bonds. The van der Waals surface area contributed by atoms with Crippen LogP contribution in [0.2, 0.25) is 0 Å². The van der Waals surface area contributed by atoms with Gasteiger partial charge in [-0.05, 0) is 39.0 Å². The molecule has 0 radical (unpaired) electrons. The Labute approximate surface area is 198 Å². The number of rotatable bonds is 15. The molecule has 0 unspecified atom stereocenters. The van der Waals surface area contributed by atoms with Crippen molar-refractivity contribution in [1.29, 1.82) is 0 Å². The van der Waals surface area contributed by atoms with E-state index in [2.05, 4.69) is 26.3 Å². The van der Waals surface area contributed by atoms with Crippen molar-refractivity contribution >= 4 is 35.6 Å². The molecule has 0 aromatic carbocycles. The first-order valence-electron chi connectivity index (χ1n) is 11.0. The fourth-order valence-electron chi connectivity index (χ4n) is 2.71. The van der Waals surface area contributed by atoms with Gasteiger partial charge in [-0.1, -0.05) is 13.8 Å². The number of carboxylic acid groups (broad SMARTS) is 1.